The Labute approximate surface area is 401 Å². The van der Waals surface area contributed by atoms with Gasteiger partial charge in [0.25, 0.3) is 0 Å². The van der Waals surface area contributed by atoms with Gasteiger partial charge >= 0.3 is 0 Å². The zero-order valence-corrected chi connectivity index (χ0v) is 38.1. The molecule has 324 valence electrons. The van der Waals surface area contributed by atoms with E-state index in [-0.39, 0.29) is 0 Å². The van der Waals surface area contributed by atoms with Gasteiger partial charge in [0, 0.05) is 60.7 Å². The van der Waals surface area contributed by atoms with Gasteiger partial charge in [-0.25, -0.2) is 0 Å². The topological polar surface area (TPSA) is 13.1 Å². The molecule has 0 saturated carbocycles. The molecule has 0 saturated heterocycles. The van der Waals surface area contributed by atoms with E-state index >= 15 is 0 Å². The summed E-state index contributed by atoms with van der Waals surface area (Å²) >= 11 is 0. The lowest BCUT2D eigenvalue weighted by molar-refractivity contribution is 0.721. The third-order valence-corrected chi connectivity index (χ3v) is 14.9. The SMILES string of the molecule is CC1(c2cccc3ccccc23)c2ccccc2-c2c1c(N(c1ccc3c4ccccc4n(-c4ccccc4)c3c1)c1ccccc1-c1ccccc1)cc1c3ccccc3n(-c3ccccc3)c21. The zero-order valence-electron chi connectivity index (χ0n) is 38.1. The van der Waals surface area contributed by atoms with E-state index in [0.29, 0.717) is 0 Å². The highest BCUT2D eigenvalue weighted by atomic mass is 15.2. The van der Waals surface area contributed by atoms with E-state index < -0.39 is 5.41 Å². The average Bonchev–Trinajstić information content (AvgIpc) is 4.03. The molecule has 0 bridgehead atoms. The molecule has 0 N–H and O–H groups in total. The van der Waals surface area contributed by atoms with Crippen LogP contribution in [0.15, 0.2) is 255 Å². The van der Waals surface area contributed by atoms with E-state index in [4.69, 9.17) is 0 Å². The van der Waals surface area contributed by atoms with Gasteiger partial charge in [0.15, 0.2) is 0 Å². The molecular formula is C66H45N3. The summed E-state index contributed by atoms with van der Waals surface area (Å²) in [5.41, 5.74) is 18.4. The predicted octanol–water partition coefficient (Wildman–Crippen LogP) is 17.5. The number of fused-ring (bicyclic) bond motifs is 11. The number of anilines is 3. The number of rotatable bonds is 7. The highest BCUT2D eigenvalue weighted by molar-refractivity contribution is 6.19. The van der Waals surface area contributed by atoms with Crippen molar-refractivity contribution in [3.8, 4) is 33.6 Å². The molecule has 3 nitrogen and oxygen atoms in total. The molecule has 0 fully saturated rings. The Morgan fingerprint density at radius 3 is 1.65 bits per heavy atom. The third-order valence-electron chi connectivity index (χ3n) is 14.9. The lowest BCUT2D eigenvalue weighted by atomic mass is 9.71. The van der Waals surface area contributed by atoms with Crippen LogP contribution in [-0.4, -0.2) is 9.13 Å². The van der Waals surface area contributed by atoms with Crippen molar-refractivity contribution in [2.75, 3.05) is 4.90 Å². The van der Waals surface area contributed by atoms with Crippen molar-refractivity contribution in [2.24, 2.45) is 0 Å². The fourth-order valence-corrected chi connectivity index (χ4v) is 12.0. The highest BCUT2D eigenvalue weighted by Gasteiger charge is 2.46. The smallest absolute Gasteiger partial charge is 0.0624 e. The summed E-state index contributed by atoms with van der Waals surface area (Å²) in [6.45, 7) is 2.49. The molecule has 1 aliphatic carbocycles. The number of hydrogen-bond acceptors (Lipinski definition) is 1. The molecule has 0 amide bonds. The number of nitrogens with zero attached hydrogens (tertiary/aromatic N) is 3. The molecule has 69 heavy (non-hydrogen) atoms. The van der Waals surface area contributed by atoms with Crippen LogP contribution >= 0.6 is 0 Å². The summed E-state index contributed by atoms with van der Waals surface area (Å²) in [5.74, 6) is 0. The monoisotopic (exact) mass is 879 g/mol. The highest BCUT2D eigenvalue weighted by Crippen LogP contribution is 2.61. The van der Waals surface area contributed by atoms with Crippen LogP contribution in [0, 0.1) is 0 Å². The lowest BCUT2D eigenvalue weighted by Crippen LogP contribution is -2.26. The molecule has 1 atom stereocenters. The van der Waals surface area contributed by atoms with Gasteiger partial charge in [-0.15, -0.1) is 0 Å². The third kappa shape index (κ3) is 5.74. The van der Waals surface area contributed by atoms with Gasteiger partial charge in [-0.05, 0) is 101 Å². The number of para-hydroxylation sites is 5. The van der Waals surface area contributed by atoms with Crippen molar-refractivity contribution < 1.29 is 0 Å². The maximum absolute atomic E-state index is 2.59. The fraction of sp³-hybridized carbons (Fsp3) is 0.0303. The predicted molar refractivity (Wildman–Crippen MR) is 290 cm³/mol. The summed E-state index contributed by atoms with van der Waals surface area (Å²) in [6.07, 6.45) is 0. The second-order valence-electron chi connectivity index (χ2n) is 18.5. The van der Waals surface area contributed by atoms with Crippen LogP contribution in [0.2, 0.25) is 0 Å². The molecule has 2 aromatic heterocycles. The number of benzene rings is 11. The van der Waals surface area contributed by atoms with Gasteiger partial charge in [-0.3, -0.25) is 0 Å². The Morgan fingerprint density at radius 2 is 0.899 bits per heavy atom. The van der Waals surface area contributed by atoms with E-state index in [2.05, 4.69) is 276 Å². The molecule has 11 aromatic carbocycles. The standard InChI is InChI=1S/C66H45N3/c1-66(56-36-21-25-44-24-11-12-30-49(44)56)57-35-17-13-34-54(57)63-64(66)62(43-55-52-33-16-20-39-60(52)69(65(55)63)47-28-9-4-10-29-47)68(58-37-18-14-31-50(58)45-22-5-2-6-23-45)48-40-41-53-51-32-15-19-38-59(51)67(61(53)42-48)46-26-7-3-8-27-46/h2-43H,1H3. The normalized spacial score (nSPS) is 14.2. The minimum Gasteiger partial charge on any atom is -0.309 e. The second-order valence-corrected chi connectivity index (χ2v) is 18.5. The minimum absolute atomic E-state index is 0.600. The van der Waals surface area contributed by atoms with Crippen molar-refractivity contribution in [1.82, 2.24) is 9.13 Å². The molecule has 0 aliphatic heterocycles. The Bertz CT molecular complexity index is 4140. The Hall–Kier alpha value is -8.92. The first-order valence-corrected chi connectivity index (χ1v) is 23.9. The molecule has 1 aliphatic rings. The van der Waals surface area contributed by atoms with E-state index in [1.165, 1.54) is 76.7 Å². The maximum Gasteiger partial charge on any atom is 0.0624 e. The summed E-state index contributed by atoms with van der Waals surface area (Å²) in [6, 6.07) is 94.1. The van der Waals surface area contributed by atoms with Crippen LogP contribution < -0.4 is 4.90 Å². The van der Waals surface area contributed by atoms with E-state index in [0.717, 1.165) is 45.1 Å². The largest absolute Gasteiger partial charge is 0.309 e. The average molecular weight is 880 g/mol. The Kier molecular flexibility index (Phi) is 8.71. The molecule has 0 radical (unpaired) electrons. The molecular weight excluding hydrogens is 835 g/mol. The van der Waals surface area contributed by atoms with Crippen LogP contribution in [0.4, 0.5) is 17.1 Å². The van der Waals surface area contributed by atoms with Crippen LogP contribution in [0.25, 0.3) is 88.0 Å². The van der Waals surface area contributed by atoms with Crippen LogP contribution in [0.1, 0.15) is 23.6 Å². The molecule has 13 aromatic rings. The molecule has 14 rings (SSSR count). The maximum atomic E-state index is 2.59. The van der Waals surface area contributed by atoms with Crippen LogP contribution in [0.5, 0.6) is 0 Å². The van der Waals surface area contributed by atoms with Gasteiger partial charge in [-0.2, -0.15) is 0 Å². The quantitative estimate of drug-likeness (QED) is 0.155. The van der Waals surface area contributed by atoms with Crippen LogP contribution in [0.3, 0.4) is 0 Å². The first kappa shape index (κ1) is 39.3. The van der Waals surface area contributed by atoms with Gasteiger partial charge < -0.3 is 14.0 Å². The van der Waals surface area contributed by atoms with Gasteiger partial charge in [-0.1, -0.05) is 194 Å². The van der Waals surface area contributed by atoms with Crippen molar-refractivity contribution in [3.63, 3.8) is 0 Å². The first-order valence-electron chi connectivity index (χ1n) is 23.9. The first-order chi connectivity index (χ1) is 34.2. The van der Waals surface area contributed by atoms with Crippen molar-refractivity contribution in [2.45, 2.75) is 12.3 Å². The Morgan fingerprint density at radius 1 is 0.362 bits per heavy atom. The van der Waals surface area contributed by atoms with E-state index in [9.17, 15) is 0 Å². The number of hydrogen-bond donors (Lipinski definition) is 0. The summed E-state index contributed by atoms with van der Waals surface area (Å²) in [4.78, 5) is 2.59. The summed E-state index contributed by atoms with van der Waals surface area (Å²) < 4.78 is 4.96. The zero-order chi connectivity index (χ0) is 45.6. The fourth-order valence-electron chi connectivity index (χ4n) is 12.0. The molecule has 0 spiro atoms. The van der Waals surface area contributed by atoms with Gasteiger partial charge in [0.1, 0.15) is 0 Å². The van der Waals surface area contributed by atoms with E-state index in [1.54, 1.807) is 0 Å². The summed E-state index contributed by atoms with van der Waals surface area (Å²) in [5, 5.41) is 7.36. The van der Waals surface area contributed by atoms with Crippen LogP contribution in [-0.2, 0) is 5.41 Å². The van der Waals surface area contributed by atoms with E-state index in [1.807, 2.05) is 0 Å². The van der Waals surface area contributed by atoms with Crippen molar-refractivity contribution >= 4 is 71.4 Å². The Balaban J connectivity index is 1.19. The van der Waals surface area contributed by atoms with Gasteiger partial charge in [0.05, 0.1) is 33.4 Å². The summed E-state index contributed by atoms with van der Waals surface area (Å²) in [7, 11) is 0. The van der Waals surface area contributed by atoms with Gasteiger partial charge in [0.2, 0.25) is 0 Å². The molecule has 1 unspecified atom stereocenters. The van der Waals surface area contributed by atoms with Crippen molar-refractivity contribution in [1.29, 1.82) is 0 Å². The minimum atomic E-state index is -0.600. The molecule has 3 heteroatoms. The van der Waals surface area contributed by atoms with Crippen molar-refractivity contribution in [3.05, 3.63) is 271 Å². The second kappa shape index (κ2) is 15.3. The number of aromatic nitrogens is 2. The lowest BCUT2D eigenvalue weighted by Gasteiger charge is -2.36. The molecule has 2 heterocycles.